The van der Waals surface area contributed by atoms with Gasteiger partial charge in [0.25, 0.3) is 5.91 Å². The number of hydrogen-bond donors (Lipinski definition) is 0. The first kappa shape index (κ1) is 19.9. The molecule has 0 saturated carbocycles. The third-order valence-corrected chi connectivity index (χ3v) is 6.12. The molecule has 5 rings (SSSR count). The van der Waals surface area contributed by atoms with Gasteiger partial charge in [0.05, 0.1) is 15.7 Å². The van der Waals surface area contributed by atoms with Crippen molar-refractivity contribution in [2.75, 3.05) is 37.9 Å². The molecule has 1 fully saturated rings. The highest BCUT2D eigenvalue weighted by Crippen LogP contribution is 2.35. The molecular weight excluding hydrogens is 439 g/mol. The van der Waals surface area contributed by atoms with Crippen LogP contribution in [0.5, 0.6) is 11.5 Å². The zero-order valence-electron chi connectivity index (χ0n) is 16.4. The maximum atomic E-state index is 12.7. The minimum atomic E-state index is -0.0533. The summed E-state index contributed by atoms with van der Waals surface area (Å²) in [7, 11) is 0. The number of piperazine rings is 1. The Hall–Kier alpha value is -3.03. The molecule has 1 saturated heterocycles. The third kappa shape index (κ3) is 3.98. The summed E-state index contributed by atoms with van der Waals surface area (Å²) in [4.78, 5) is 16.7. The molecular formula is C22H18Cl2N4O3. The number of hydrogen-bond acceptors (Lipinski definition) is 6. The summed E-state index contributed by atoms with van der Waals surface area (Å²) in [6.45, 7) is 2.76. The molecule has 0 spiro atoms. The molecule has 3 aromatic rings. The zero-order chi connectivity index (χ0) is 21.4. The molecule has 1 amide bonds. The van der Waals surface area contributed by atoms with Crippen molar-refractivity contribution in [3.05, 3.63) is 64.1 Å². The van der Waals surface area contributed by atoms with Crippen LogP contribution >= 0.6 is 23.2 Å². The van der Waals surface area contributed by atoms with E-state index in [0.717, 1.165) is 22.8 Å². The van der Waals surface area contributed by atoms with Gasteiger partial charge in [-0.2, -0.15) is 0 Å². The maximum Gasteiger partial charge on any atom is 0.254 e. The van der Waals surface area contributed by atoms with Gasteiger partial charge in [0.1, 0.15) is 0 Å². The van der Waals surface area contributed by atoms with Crippen molar-refractivity contribution < 1.29 is 14.3 Å². The van der Waals surface area contributed by atoms with Crippen molar-refractivity contribution in [2.24, 2.45) is 0 Å². The first-order valence-corrected chi connectivity index (χ1v) is 10.6. The molecule has 0 aliphatic carbocycles. The zero-order valence-corrected chi connectivity index (χ0v) is 17.9. The van der Waals surface area contributed by atoms with Crippen molar-refractivity contribution in [1.29, 1.82) is 0 Å². The Bertz CT molecular complexity index is 1130. The summed E-state index contributed by atoms with van der Waals surface area (Å²) < 4.78 is 10.8. The highest BCUT2D eigenvalue weighted by molar-refractivity contribution is 6.42. The Morgan fingerprint density at radius 2 is 1.65 bits per heavy atom. The van der Waals surface area contributed by atoms with E-state index in [4.69, 9.17) is 32.7 Å². The second-order valence-electron chi connectivity index (χ2n) is 7.25. The van der Waals surface area contributed by atoms with E-state index in [-0.39, 0.29) is 12.7 Å². The van der Waals surface area contributed by atoms with Crippen LogP contribution in [0, 0.1) is 0 Å². The Balaban J connectivity index is 1.23. The van der Waals surface area contributed by atoms with Gasteiger partial charge in [-0.05, 0) is 48.5 Å². The van der Waals surface area contributed by atoms with Gasteiger partial charge in [-0.15, -0.1) is 10.2 Å². The number of amides is 1. The summed E-state index contributed by atoms with van der Waals surface area (Å²) in [5.74, 6) is 2.18. The topological polar surface area (TPSA) is 67.8 Å². The average molecular weight is 457 g/mol. The molecule has 0 N–H and O–H groups in total. The van der Waals surface area contributed by atoms with E-state index in [1.807, 2.05) is 35.2 Å². The fourth-order valence-corrected chi connectivity index (χ4v) is 3.95. The minimum absolute atomic E-state index is 0.0533. The van der Waals surface area contributed by atoms with E-state index < -0.39 is 0 Å². The lowest BCUT2D eigenvalue weighted by atomic mass is 10.1. The molecule has 0 radical (unpaired) electrons. The third-order valence-electron chi connectivity index (χ3n) is 5.38. The summed E-state index contributed by atoms with van der Waals surface area (Å²) in [5, 5.41) is 9.58. The number of fused-ring (bicyclic) bond motifs is 1. The van der Waals surface area contributed by atoms with Crippen LogP contribution in [0.15, 0.2) is 48.5 Å². The molecule has 1 aromatic heterocycles. The van der Waals surface area contributed by atoms with E-state index in [0.29, 0.717) is 47.5 Å². The number of rotatable bonds is 3. The van der Waals surface area contributed by atoms with Gasteiger partial charge in [0.15, 0.2) is 17.3 Å². The largest absolute Gasteiger partial charge is 0.454 e. The van der Waals surface area contributed by atoms with Crippen LogP contribution in [-0.4, -0.2) is 54.0 Å². The molecule has 0 bridgehead atoms. The SMILES string of the molecule is O=C(c1ccc(Cl)c(Cl)c1)N1CCN(c2ccc(-c3ccc4c(c3)OCO4)nn2)CC1. The Morgan fingerprint density at radius 1 is 0.839 bits per heavy atom. The lowest BCUT2D eigenvalue weighted by molar-refractivity contribution is 0.0746. The minimum Gasteiger partial charge on any atom is -0.454 e. The lowest BCUT2D eigenvalue weighted by Gasteiger charge is -2.35. The predicted octanol–water partition coefficient (Wildman–Crippen LogP) is 4.14. The van der Waals surface area contributed by atoms with Crippen LogP contribution in [0.25, 0.3) is 11.3 Å². The molecule has 2 aromatic carbocycles. The first-order valence-electron chi connectivity index (χ1n) is 9.81. The Morgan fingerprint density at radius 3 is 2.39 bits per heavy atom. The van der Waals surface area contributed by atoms with Gasteiger partial charge in [-0.3, -0.25) is 4.79 Å². The smallest absolute Gasteiger partial charge is 0.254 e. The van der Waals surface area contributed by atoms with E-state index >= 15 is 0 Å². The molecule has 2 aliphatic rings. The van der Waals surface area contributed by atoms with Crippen molar-refractivity contribution in [2.45, 2.75) is 0 Å². The van der Waals surface area contributed by atoms with E-state index in [1.165, 1.54) is 0 Å². The number of nitrogens with zero attached hydrogens (tertiary/aromatic N) is 4. The average Bonchev–Trinajstić information content (AvgIpc) is 3.29. The van der Waals surface area contributed by atoms with Crippen molar-refractivity contribution >= 4 is 34.9 Å². The molecule has 158 valence electrons. The maximum absolute atomic E-state index is 12.7. The van der Waals surface area contributed by atoms with E-state index in [9.17, 15) is 4.79 Å². The van der Waals surface area contributed by atoms with Gasteiger partial charge < -0.3 is 19.3 Å². The van der Waals surface area contributed by atoms with Crippen LogP contribution in [-0.2, 0) is 0 Å². The summed E-state index contributed by atoms with van der Waals surface area (Å²) in [5.41, 5.74) is 2.21. The van der Waals surface area contributed by atoms with Crippen LogP contribution in [0.3, 0.4) is 0 Å². The van der Waals surface area contributed by atoms with Crippen molar-refractivity contribution in [3.63, 3.8) is 0 Å². The number of aromatic nitrogens is 2. The molecule has 3 heterocycles. The van der Waals surface area contributed by atoms with Gasteiger partial charge in [-0.25, -0.2) is 0 Å². The number of anilines is 1. The van der Waals surface area contributed by atoms with Gasteiger partial charge in [-0.1, -0.05) is 23.2 Å². The number of benzene rings is 2. The van der Waals surface area contributed by atoms with Crippen LogP contribution in [0.4, 0.5) is 5.82 Å². The highest BCUT2D eigenvalue weighted by Gasteiger charge is 2.23. The number of carbonyl (C=O) groups is 1. The van der Waals surface area contributed by atoms with Crippen molar-refractivity contribution in [1.82, 2.24) is 15.1 Å². The second kappa shape index (κ2) is 8.24. The van der Waals surface area contributed by atoms with Crippen LogP contribution < -0.4 is 14.4 Å². The first-order chi connectivity index (χ1) is 15.1. The fraction of sp³-hybridized carbons (Fsp3) is 0.227. The van der Waals surface area contributed by atoms with Crippen LogP contribution in [0.2, 0.25) is 10.0 Å². The molecule has 0 unspecified atom stereocenters. The fourth-order valence-electron chi connectivity index (χ4n) is 3.65. The highest BCUT2D eigenvalue weighted by atomic mass is 35.5. The van der Waals surface area contributed by atoms with Gasteiger partial charge >= 0.3 is 0 Å². The van der Waals surface area contributed by atoms with Crippen molar-refractivity contribution in [3.8, 4) is 22.8 Å². The van der Waals surface area contributed by atoms with Gasteiger partial charge in [0, 0.05) is 37.3 Å². The quantitative estimate of drug-likeness (QED) is 0.589. The molecule has 7 nitrogen and oxygen atoms in total. The summed E-state index contributed by atoms with van der Waals surface area (Å²) in [6, 6.07) is 14.5. The molecule has 2 aliphatic heterocycles. The number of halogens is 2. The number of carbonyl (C=O) groups excluding carboxylic acids is 1. The Kier molecular flexibility index (Phi) is 5.29. The predicted molar refractivity (Wildman–Crippen MR) is 118 cm³/mol. The molecule has 9 heteroatoms. The molecule has 31 heavy (non-hydrogen) atoms. The Labute approximate surface area is 189 Å². The standard InChI is InChI=1S/C22H18Cl2N4O3/c23-16-3-1-15(11-17(16)24)22(29)28-9-7-27(8-10-28)21-6-4-18(25-26-21)14-2-5-19-20(12-14)31-13-30-19/h1-6,11-12H,7-10,13H2. The second-order valence-corrected chi connectivity index (χ2v) is 8.07. The molecule has 0 atom stereocenters. The van der Waals surface area contributed by atoms with Gasteiger partial charge in [0.2, 0.25) is 6.79 Å². The van der Waals surface area contributed by atoms with E-state index in [1.54, 1.807) is 18.2 Å². The normalized spacial score (nSPS) is 15.3. The monoisotopic (exact) mass is 456 g/mol. The summed E-state index contributed by atoms with van der Waals surface area (Å²) in [6.07, 6.45) is 0. The lowest BCUT2D eigenvalue weighted by Crippen LogP contribution is -2.49. The van der Waals surface area contributed by atoms with Crippen LogP contribution in [0.1, 0.15) is 10.4 Å². The van der Waals surface area contributed by atoms with E-state index in [2.05, 4.69) is 15.1 Å². The number of ether oxygens (including phenoxy) is 2. The summed E-state index contributed by atoms with van der Waals surface area (Å²) >= 11 is 12.0.